The molecule has 0 spiro atoms. The number of nitriles is 1. The van der Waals surface area contributed by atoms with Gasteiger partial charge in [-0.25, -0.2) is 8.42 Å². The Kier molecular flexibility index (Phi) is 3.19. The van der Waals surface area contributed by atoms with Crippen molar-refractivity contribution in [3.63, 3.8) is 0 Å². The van der Waals surface area contributed by atoms with E-state index in [-0.39, 0.29) is 23.4 Å². The normalized spacial score (nSPS) is 11.0. The maximum atomic E-state index is 11.0. The molecule has 5 nitrogen and oxygen atoms in total. The molecule has 3 N–H and O–H groups in total. The lowest BCUT2D eigenvalue weighted by Gasteiger charge is -2.05. The molecule has 0 aliphatic carbocycles. The van der Waals surface area contributed by atoms with Crippen molar-refractivity contribution < 1.29 is 13.5 Å². The van der Waals surface area contributed by atoms with Crippen LogP contribution in [0.1, 0.15) is 11.1 Å². The van der Waals surface area contributed by atoms with Crippen LogP contribution in [-0.4, -0.2) is 13.5 Å². The fraction of sp³-hybridized carbons (Fsp3) is 0.125. The minimum atomic E-state index is -4.04. The largest absolute Gasteiger partial charge is 0.508 e. The number of hydrogen-bond donors (Lipinski definition) is 2. The molecule has 0 aliphatic heterocycles. The van der Waals surface area contributed by atoms with Crippen molar-refractivity contribution in [2.24, 2.45) is 5.73 Å². The van der Waals surface area contributed by atoms with Crippen LogP contribution in [0.15, 0.2) is 17.0 Å². The van der Waals surface area contributed by atoms with E-state index in [0.29, 0.717) is 0 Å². The number of rotatable bonds is 2. The molecule has 0 unspecified atom stereocenters. The molecule has 0 saturated carbocycles. The number of phenolic OH excluding ortho intramolecular Hbond substituents is 1. The maximum Gasteiger partial charge on any atom is 0.262 e. The first kappa shape index (κ1) is 11.8. The SMILES string of the molecule is N#Cc1cc(CN)c(O)cc1S(=O)(=O)Cl. The fourth-order valence-electron chi connectivity index (χ4n) is 1.07. The average molecular weight is 247 g/mol. The summed E-state index contributed by atoms with van der Waals surface area (Å²) in [5, 5.41) is 18.1. The summed E-state index contributed by atoms with van der Waals surface area (Å²) in [5.74, 6) is -0.296. The Bertz CT molecular complexity index is 534. The van der Waals surface area contributed by atoms with E-state index in [0.717, 1.165) is 6.07 Å². The number of nitrogens with two attached hydrogens (primary N) is 1. The van der Waals surface area contributed by atoms with Crippen molar-refractivity contribution in [2.75, 3.05) is 0 Å². The van der Waals surface area contributed by atoms with Gasteiger partial charge in [-0.05, 0) is 6.07 Å². The standard InChI is InChI=1S/C8H7ClN2O3S/c9-15(13,14)8-2-7(12)5(3-10)1-6(8)4-11/h1-2,12H,3,10H2. The molecule has 7 heteroatoms. The number of hydrogen-bond acceptors (Lipinski definition) is 5. The van der Waals surface area contributed by atoms with Crippen molar-refractivity contribution in [1.29, 1.82) is 5.26 Å². The second kappa shape index (κ2) is 4.06. The topological polar surface area (TPSA) is 104 Å². The van der Waals surface area contributed by atoms with E-state index in [1.165, 1.54) is 6.07 Å². The molecule has 1 rings (SSSR count). The van der Waals surface area contributed by atoms with E-state index in [2.05, 4.69) is 0 Å². The van der Waals surface area contributed by atoms with E-state index < -0.39 is 13.9 Å². The smallest absolute Gasteiger partial charge is 0.262 e. The van der Waals surface area contributed by atoms with E-state index >= 15 is 0 Å². The summed E-state index contributed by atoms with van der Waals surface area (Å²) in [5.41, 5.74) is 5.43. The monoisotopic (exact) mass is 246 g/mol. The Labute approximate surface area is 91.1 Å². The van der Waals surface area contributed by atoms with Crippen LogP contribution in [0.5, 0.6) is 5.75 Å². The second-order valence-electron chi connectivity index (χ2n) is 2.73. The summed E-state index contributed by atoms with van der Waals surface area (Å²) in [6, 6.07) is 3.79. The van der Waals surface area contributed by atoms with Crippen LogP contribution in [0, 0.1) is 11.3 Å². The summed E-state index contributed by atoms with van der Waals surface area (Å²) in [4.78, 5) is -0.415. The molecular weight excluding hydrogens is 240 g/mol. The van der Waals surface area contributed by atoms with Gasteiger partial charge >= 0.3 is 0 Å². The van der Waals surface area contributed by atoms with Gasteiger partial charge in [-0.3, -0.25) is 0 Å². The Hall–Kier alpha value is -1.29. The first-order valence-electron chi connectivity index (χ1n) is 3.81. The fourth-order valence-corrected chi connectivity index (χ4v) is 2.07. The third-order valence-electron chi connectivity index (χ3n) is 1.78. The highest BCUT2D eigenvalue weighted by molar-refractivity contribution is 8.13. The zero-order valence-corrected chi connectivity index (χ0v) is 9.01. The molecule has 0 aromatic heterocycles. The minimum absolute atomic E-state index is 0.00310. The van der Waals surface area contributed by atoms with Gasteiger partial charge in [-0.2, -0.15) is 5.26 Å². The van der Waals surface area contributed by atoms with Gasteiger partial charge in [0.25, 0.3) is 9.05 Å². The predicted octanol–water partition coefficient (Wildman–Crippen LogP) is 0.650. The zero-order chi connectivity index (χ0) is 11.6. The number of nitrogens with zero attached hydrogens (tertiary/aromatic N) is 1. The molecule has 80 valence electrons. The molecule has 15 heavy (non-hydrogen) atoms. The maximum absolute atomic E-state index is 11.0. The molecule has 0 fully saturated rings. The van der Waals surface area contributed by atoms with Crippen molar-refractivity contribution in [2.45, 2.75) is 11.4 Å². The van der Waals surface area contributed by atoms with Crippen molar-refractivity contribution in [3.8, 4) is 11.8 Å². The highest BCUT2D eigenvalue weighted by Gasteiger charge is 2.18. The average Bonchev–Trinajstić information content (AvgIpc) is 2.16. The van der Waals surface area contributed by atoms with Gasteiger partial charge in [0.15, 0.2) is 0 Å². The summed E-state index contributed by atoms with van der Waals surface area (Å²) >= 11 is 0. The molecule has 0 radical (unpaired) electrons. The van der Waals surface area contributed by atoms with E-state index in [1.807, 2.05) is 0 Å². The van der Waals surface area contributed by atoms with Crippen LogP contribution in [-0.2, 0) is 15.6 Å². The summed E-state index contributed by atoms with van der Waals surface area (Å²) in [7, 11) is 1.04. The molecule has 0 bridgehead atoms. The van der Waals surface area contributed by atoms with E-state index in [4.69, 9.17) is 21.7 Å². The van der Waals surface area contributed by atoms with Crippen molar-refractivity contribution in [1.82, 2.24) is 0 Å². The lowest BCUT2D eigenvalue weighted by molar-refractivity contribution is 0.466. The van der Waals surface area contributed by atoms with Gasteiger partial charge in [0.05, 0.1) is 5.56 Å². The number of aromatic hydroxyl groups is 1. The van der Waals surface area contributed by atoms with Gasteiger partial charge in [-0.1, -0.05) is 0 Å². The molecule has 1 aromatic rings. The molecule has 0 heterocycles. The van der Waals surface area contributed by atoms with Gasteiger partial charge in [-0.15, -0.1) is 0 Å². The number of halogens is 1. The quantitative estimate of drug-likeness (QED) is 0.746. The van der Waals surface area contributed by atoms with Crippen LogP contribution in [0.3, 0.4) is 0 Å². The van der Waals surface area contributed by atoms with Gasteiger partial charge in [0.2, 0.25) is 0 Å². The van der Waals surface area contributed by atoms with Gasteiger partial charge in [0, 0.05) is 28.9 Å². The Morgan fingerprint density at radius 1 is 1.53 bits per heavy atom. The van der Waals surface area contributed by atoms with E-state index in [9.17, 15) is 13.5 Å². The second-order valence-corrected chi connectivity index (χ2v) is 5.27. The Morgan fingerprint density at radius 3 is 2.53 bits per heavy atom. The first-order valence-corrected chi connectivity index (χ1v) is 6.11. The van der Waals surface area contributed by atoms with Crippen molar-refractivity contribution in [3.05, 3.63) is 23.3 Å². The third kappa shape index (κ3) is 2.39. The van der Waals surface area contributed by atoms with Crippen LogP contribution in [0.25, 0.3) is 0 Å². The lowest BCUT2D eigenvalue weighted by Crippen LogP contribution is -2.01. The van der Waals surface area contributed by atoms with Gasteiger partial charge < -0.3 is 10.8 Å². The highest BCUT2D eigenvalue weighted by Crippen LogP contribution is 2.27. The summed E-state index contributed by atoms with van der Waals surface area (Å²) in [6.07, 6.45) is 0. The summed E-state index contributed by atoms with van der Waals surface area (Å²) < 4.78 is 22.1. The molecule has 0 aliphatic rings. The van der Waals surface area contributed by atoms with Crippen LogP contribution < -0.4 is 5.73 Å². The predicted molar refractivity (Wildman–Crippen MR) is 53.8 cm³/mol. The van der Waals surface area contributed by atoms with E-state index in [1.54, 1.807) is 6.07 Å². The first-order chi connectivity index (χ1) is 6.90. The van der Waals surface area contributed by atoms with Crippen LogP contribution in [0.4, 0.5) is 0 Å². The minimum Gasteiger partial charge on any atom is -0.508 e. The van der Waals surface area contributed by atoms with Crippen LogP contribution >= 0.6 is 10.7 Å². The molecule has 0 atom stereocenters. The zero-order valence-electron chi connectivity index (χ0n) is 7.44. The molecule has 1 aromatic carbocycles. The lowest BCUT2D eigenvalue weighted by atomic mass is 10.1. The Balaban J connectivity index is 3.57. The molecule has 0 saturated heterocycles. The molecule has 0 amide bonds. The number of benzene rings is 1. The third-order valence-corrected chi connectivity index (χ3v) is 3.15. The highest BCUT2D eigenvalue weighted by atomic mass is 35.7. The molecular formula is C8H7ClN2O3S. The Morgan fingerprint density at radius 2 is 2.13 bits per heavy atom. The summed E-state index contributed by atoms with van der Waals surface area (Å²) in [6.45, 7) is 0.00310. The van der Waals surface area contributed by atoms with Crippen LogP contribution in [0.2, 0.25) is 0 Å². The van der Waals surface area contributed by atoms with Crippen molar-refractivity contribution >= 4 is 19.7 Å². The van der Waals surface area contributed by atoms with Gasteiger partial charge in [0.1, 0.15) is 16.7 Å². The number of phenols is 1.